The van der Waals surface area contributed by atoms with Crippen molar-refractivity contribution in [3.05, 3.63) is 94.3 Å². The molecule has 0 aliphatic carbocycles. The van der Waals surface area contributed by atoms with Gasteiger partial charge in [0.25, 0.3) is 0 Å². The van der Waals surface area contributed by atoms with Crippen LogP contribution in [0.25, 0.3) is 0 Å². The third-order valence-corrected chi connectivity index (χ3v) is 7.05. The van der Waals surface area contributed by atoms with Gasteiger partial charge >= 0.3 is 6.03 Å². The molecule has 3 aromatic rings. The van der Waals surface area contributed by atoms with Crippen molar-refractivity contribution in [2.45, 2.75) is 84.5 Å². The van der Waals surface area contributed by atoms with E-state index in [0.717, 1.165) is 46.3 Å². The number of urea groups is 1. The summed E-state index contributed by atoms with van der Waals surface area (Å²) >= 11 is 0. The maximum Gasteiger partial charge on any atom is 0.319 e. The van der Waals surface area contributed by atoms with Gasteiger partial charge in [-0.05, 0) is 69.7 Å². The number of amides is 2. The van der Waals surface area contributed by atoms with Gasteiger partial charge in [-0.1, -0.05) is 97.9 Å². The first-order valence-electron chi connectivity index (χ1n) is 13.3. The van der Waals surface area contributed by atoms with Gasteiger partial charge in [0.2, 0.25) is 0 Å². The first-order chi connectivity index (χ1) is 17.6. The molecule has 0 aliphatic heterocycles. The second-order valence-electron chi connectivity index (χ2n) is 12.9. The fourth-order valence-electron chi connectivity index (χ4n) is 4.59. The molecule has 0 saturated heterocycles. The van der Waals surface area contributed by atoms with Crippen LogP contribution >= 0.6 is 0 Å². The molecule has 0 spiro atoms. The van der Waals surface area contributed by atoms with E-state index in [1.807, 2.05) is 38.1 Å². The van der Waals surface area contributed by atoms with E-state index in [-0.39, 0.29) is 28.1 Å². The lowest BCUT2D eigenvalue weighted by Gasteiger charge is -2.28. The molecule has 2 amide bonds. The van der Waals surface area contributed by atoms with Crippen LogP contribution in [-0.4, -0.2) is 17.7 Å². The summed E-state index contributed by atoms with van der Waals surface area (Å²) in [5.41, 5.74) is 5.13. The Hall–Kier alpha value is -3.34. The fraction of sp³-hybridized carbons (Fsp3) is 0.424. The highest BCUT2D eigenvalue weighted by Gasteiger charge is 2.26. The molecule has 0 heterocycles. The number of rotatable bonds is 7. The molecule has 3 aromatic carbocycles. The lowest BCUT2D eigenvalue weighted by Crippen LogP contribution is -2.39. The number of benzene rings is 3. The number of para-hydroxylation sites is 1. The fourth-order valence-corrected chi connectivity index (χ4v) is 4.59. The SMILES string of the molecule is CC(C)(C)c1cc(CCc2ccccc2NC(=O)NCC(C)(C)c2ccc(F)cc2)cc(C(C)(C)C)c1O. The molecule has 0 bridgehead atoms. The van der Waals surface area contributed by atoms with Gasteiger partial charge < -0.3 is 15.7 Å². The number of aryl methyl sites for hydroxylation is 2. The highest BCUT2D eigenvalue weighted by Crippen LogP contribution is 2.40. The Morgan fingerprint density at radius 3 is 1.92 bits per heavy atom. The predicted molar refractivity (Wildman–Crippen MR) is 156 cm³/mol. The Labute approximate surface area is 227 Å². The Balaban J connectivity index is 1.73. The molecule has 0 aromatic heterocycles. The van der Waals surface area contributed by atoms with Gasteiger partial charge in [0.05, 0.1) is 0 Å². The molecule has 204 valence electrons. The summed E-state index contributed by atoms with van der Waals surface area (Å²) in [6, 6.07) is 18.2. The Morgan fingerprint density at radius 1 is 0.816 bits per heavy atom. The van der Waals surface area contributed by atoms with Gasteiger partial charge in [-0.15, -0.1) is 0 Å². The number of hydrogen-bond donors (Lipinski definition) is 3. The van der Waals surface area contributed by atoms with Crippen LogP contribution in [0.15, 0.2) is 60.7 Å². The Morgan fingerprint density at radius 2 is 1.37 bits per heavy atom. The van der Waals surface area contributed by atoms with Crippen molar-refractivity contribution in [3.8, 4) is 5.75 Å². The number of carbonyl (C=O) groups is 1. The highest BCUT2D eigenvalue weighted by molar-refractivity contribution is 5.90. The first-order valence-corrected chi connectivity index (χ1v) is 13.3. The van der Waals surface area contributed by atoms with Crippen molar-refractivity contribution in [3.63, 3.8) is 0 Å². The highest BCUT2D eigenvalue weighted by atomic mass is 19.1. The average molecular weight is 519 g/mol. The van der Waals surface area contributed by atoms with Crippen molar-refractivity contribution >= 4 is 11.7 Å². The molecule has 3 rings (SSSR count). The van der Waals surface area contributed by atoms with Gasteiger partial charge in [0, 0.05) is 17.6 Å². The third kappa shape index (κ3) is 7.37. The van der Waals surface area contributed by atoms with E-state index in [1.165, 1.54) is 12.1 Å². The van der Waals surface area contributed by atoms with Crippen LogP contribution in [0.5, 0.6) is 5.75 Å². The summed E-state index contributed by atoms with van der Waals surface area (Å²) in [5.74, 6) is 0.111. The molecular formula is C33H43FN2O2. The number of phenolic OH excluding ortho intramolecular Hbond substituents is 1. The average Bonchev–Trinajstić information content (AvgIpc) is 2.82. The summed E-state index contributed by atoms with van der Waals surface area (Å²) in [5, 5.41) is 17.0. The lowest BCUT2D eigenvalue weighted by atomic mass is 9.78. The smallest absolute Gasteiger partial charge is 0.319 e. The molecule has 38 heavy (non-hydrogen) atoms. The zero-order chi connectivity index (χ0) is 28.3. The predicted octanol–water partition coefficient (Wildman–Crippen LogP) is 8.01. The topological polar surface area (TPSA) is 61.4 Å². The molecule has 0 atom stereocenters. The third-order valence-electron chi connectivity index (χ3n) is 7.05. The van der Waals surface area contributed by atoms with Crippen molar-refractivity contribution < 1.29 is 14.3 Å². The van der Waals surface area contributed by atoms with E-state index >= 15 is 0 Å². The van der Waals surface area contributed by atoms with E-state index in [9.17, 15) is 14.3 Å². The molecular weight excluding hydrogens is 475 g/mol. The normalized spacial score (nSPS) is 12.3. The number of halogens is 1. The Bertz CT molecular complexity index is 1230. The van der Waals surface area contributed by atoms with Crippen LogP contribution in [0.4, 0.5) is 14.9 Å². The first kappa shape index (κ1) is 29.2. The molecule has 5 heteroatoms. The number of aromatic hydroxyl groups is 1. The largest absolute Gasteiger partial charge is 0.507 e. The minimum Gasteiger partial charge on any atom is -0.507 e. The Kier molecular flexibility index (Phi) is 8.60. The molecule has 0 saturated carbocycles. The molecule has 0 aliphatic rings. The summed E-state index contributed by atoms with van der Waals surface area (Å²) < 4.78 is 13.3. The minimum atomic E-state index is -0.348. The van der Waals surface area contributed by atoms with E-state index in [4.69, 9.17) is 0 Å². The van der Waals surface area contributed by atoms with Crippen LogP contribution in [-0.2, 0) is 29.1 Å². The number of anilines is 1. The molecule has 0 unspecified atom stereocenters. The van der Waals surface area contributed by atoms with Crippen molar-refractivity contribution in [2.24, 2.45) is 0 Å². The minimum absolute atomic E-state index is 0.181. The van der Waals surface area contributed by atoms with Crippen molar-refractivity contribution in [1.82, 2.24) is 5.32 Å². The quantitative estimate of drug-likeness (QED) is 0.297. The van der Waals surface area contributed by atoms with Gasteiger partial charge in [0.1, 0.15) is 11.6 Å². The zero-order valence-corrected chi connectivity index (χ0v) is 24.1. The summed E-state index contributed by atoms with van der Waals surface area (Å²) in [6.07, 6.45) is 1.53. The molecule has 0 radical (unpaired) electrons. The van der Waals surface area contributed by atoms with Gasteiger partial charge in [-0.3, -0.25) is 0 Å². The van der Waals surface area contributed by atoms with Crippen LogP contribution in [0.2, 0.25) is 0 Å². The zero-order valence-electron chi connectivity index (χ0n) is 24.1. The second kappa shape index (κ2) is 11.2. The monoisotopic (exact) mass is 518 g/mol. The summed E-state index contributed by atoms with van der Waals surface area (Å²) in [7, 11) is 0. The maximum atomic E-state index is 13.3. The van der Waals surface area contributed by atoms with E-state index < -0.39 is 0 Å². The van der Waals surface area contributed by atoms with Crippen LogP contribution in [0.3, 0.4) is 0 Å². The van der Waals surface area contributed by atoms with Gasteiger partial charge in [-0.2, -0.15) is 0 Å². The molecule has 4 nitrogen and oxygen atoms in total. The number of phenols is 1. The van der Waals surface area contributed by atoms with Gasteiger partial charge in [-0.25, -0.2) is 9.18 Å². The summed E-state index contributed by atoms with van der Waals surface area (Å²) in [4.78, 5) is 12.8. The standard InChI is InChI=1S/C33H43FN2O2/c1-31(2,3)26-19-22(20-27(29(26)37)32(4,5)6)13-14-23-11-9-10-12-28(23)36-30(38)35-21-33(7,8)24-15-17-25(34)18-16-24/h9-12,15-20,37H,13-14,21H2,1-8H3,(H2,35,36,38). The van der Waals surface area contributed by atoms with Crippen LogP contribution < -0.4 is 10.6 Å². The van der Waals surface area contributed by atoms with Crippen LogP contribution in [0.1, 0.15) is 83.2 Å². The maximum absolute atomic E-state index is 13.3. The van der Waals surface area contributed by atoms with E-state index in [0.29, 0.717) is 12.3 Å². The van der Waals surface area contributed by atoms with Crippen LogP contribution in [0, 0.1) is 5.82 Å². The number of carbonyl (C=O) groups excluding carboxylic acids is 1. The molecule has 3 N–H and O–H groups in total. The van der Waals surface area contributed by atoms with Crippen molar-refractivity contribution in [1.29, 1.82) is 0 Å². The van der Waals surface area contributed by atoms with E-state index in [2.05, 4.69) is 64.3 Å². The number of nitrogens with one attached hydrogen (secondary N) is 2. The van der Waals surface area contributed by atoms with Gasteiger partial charge in [0.15, 0.2) is 0 Å². The number of hydrogen-bond acceptors (Lipinski definition) is 2. The van der Waals surface area contributed by atoms with E-state index in [1.54, 1.807) is 12.1 Å². The van der Waals surface area contributed by atoms with Crippen molar-refractivity contribution in [2.75, 3.05) is 11.9 Å². The molecule has 0 fully saturated rings. The lowest BCUT2D eigenvalue weighted by molar-refractivity contribution is 0.249. The second-order valence-corrected chi connectivity index (χ2v) is 12.9. The summed E-state index contributed by atoms with van der Waals surface area (Å²) in [6.45, 7) is 17.2.